The van der Waals surface area contributed by atoms with Crippen molar-refractivity contribution in [3.63, 3.8) is 0 Å². The van der Waals surface area contributed by atoms with Crippen molar-refractivity contribution in [2.45, 2.75) is 394 Å². The van der Waals surface area contributed by atoms with E-state index in [-0.39, 0.29) is 18.9 Å². The molecule has 23 nitrogen and oxygen atoms in total. The van der Waals surface area contributed by atoms with Crippen LogP contribution in [0.15, 0.2) is 12.2 Å². The molecule has 23 heteroatoms. The molecule has 3 heterocycles. The zero-order valence-corrected chi connectivity index (χ0v) is 57.8. The number of unbranched alkanes of at least 4 members (excludes halogenated alkanes) is 35. The molecule has 0 aromatic heterocycles. The molecule has 14 N–H and O–H groups in total. The smallest absolute Gasteiger partial charge is 0.364 e. The van der Waals surface area contributed by atoms with Gasteiger partial charge < -0.3 is 100 Å². The molecule has 552 valence electrons. The van der Waals surface area contributed by atoms with Crippen molar-refractivity contribution in [1.29, 1.82) is 0 Å². The first-order chi connectivity index (χ1) is 45.4. The van der Waals surface area contributed by atoms with E-state index in [1.165, 1.54) is 173 Å². The van der Waals surface area contributed by atoms with Gasteiger partial charge in [0, 0.05) is 19.8 Å². The molecule has 2 amide bonds. The summed E-state index contributed by atoms with van der Waals surface area (Å²) >= 11 is 0. The zero-order valence-electron chi connectivity index (χ0n) is 57.8. The average Bonchev–Trinajstić information content (AvgIpc) is 0.759. The van der Waals surface area contributed by atoms with Gasteiger partial charge in [-0.3, -0.25) is 9.59 Å². The molecule has 3 aliphatic rings. The molecule has 18 atom stereocenters. The van der Waals surface area contributed by atoms with Crippen LogP contribution < -0.4 is 10.6 Å². The number of aliphatic hydroxyl groups excluding tert-OH is 11. The van der Waals surface area contributed by atoms with Crippen molar-refractivity contribution >= 4 is 17.8 Å². The lowest BCUT2D eigenvalue weighted by atomic mass is 9.88. The highest BCUT2D eigenvalue weighted by Crippen LogP contribution is 2.39. The van der Waals surface area contributed by atoms with E-state index >= 15 is 0 Å². The van der Waals surface area contributed by atoms with E-state index in [0.717, 1.165) is 64.7 Å². The van der Waals surface area contributed by atoms with Crippen LogP contribution in [0.25, 0.3) is 0 Å². The number of carboxylic acids is 1. The highest BCUT2D eigenvalue weighted by molar-refractivity contribution is 5.77. The van der Waals surface area contributed by atoms with E-state index in [9.17, 15) is 75.7 Å². The van der Waals surface area contributed by atoms with Gasteiger partial charge in [0.1, 0.15) is 67.1 Å². The summed E-state index contributed by atoms with van der Waals surface area (Å²) in [6.45, 7) is 2.23. The van der Waals surface area contributed by atoms with Gasteiger partial charge in [-0.25, -0.2) is 4.79 Å². The highest BCUT2D eigenvalue weighted by atomic mass is 16.8. The highest BCUT2D eigenvalue weighted by Gasteiger charge is 2.60. The maximum absolute atomic E-state index is 13.5. The van der Waals surface area contributed by atoms with Crippen molar-refractivity contribution in [2.24, 2.45) is 0 Å². The van der Waals surface area contributed by atoms with Gasteiger partial charge in [0.15, 0.2) is 12.6 Å². The fourth-order valence-electron chi connectivity index (χ4n) is 13.1. The van der Waals surface area contributed by atoms with Crippen LogP contribution in [0.4, 0.5) is 0 Å². The third kappa shape index (κ3) is 33.1. The molecule has 0 aromatic carbocycles. The summed E-state index contributed by atoms with van der Waals surface area (Å²) in [5.74, 6) is -6.10. The third-order valence-electron chi connectivity index (χ3n) is 19.0. The van der Waals surface area contributed by atoms with Gasteiger partial charge in [-0.15, -0.1) is 0 Å². The topological polar surface area (TPSA) is 373 Å². The number of nitrogens with one attached hydrogen (secondary N) is 2. The lowest BCUT2D eigenvalue weighted by Crippen LogP contribution is -2.70. The Hall–Kier alpha value is -2.53. The summed E-state index contributed by atoms with van der Waals surface area (Å²) < 4.78 is 34.9. The minimum Gasteiger partial charge on any atom is -0.477 e. The first kappa shape index (κ1) is 85.7. The number of allylic oxidation sites excluding steroid dienone is 2. The SMILES string of the molecule is CCCCCCCCCCCCCC/C=C\CCCCCCCCCCCC(=O)NC(COC1OC(CO)C(OC2OC(CO)C(O)C(OC3(C(=O)O)CC(O)C(NC(C)=O)C(C(O)C(O)CO)O3)C2O)C(O)C1O)C(O)CCCCCCCCCCCCCCCCC. The average molecular weight is 1350 g/mol. The maximum atomic E-state index is 13.5. The molecule has 3 saturated heterocycles. The quantitative estimate of drug-likeness (QED) is 0.0203. The maximum Gasteiger partial charge on any atom is 0.364 e. The van der Waals surface area contributed by atoms with Crippen molar-refractivity contribution in [2.75, 3.05) is 26.4 Å². The number of rotatable bonds is 57. The van der Waals surface area contributed by atoms with Crippen LogP contribution in [0.5, 0.6) is 0 Å². The Morgan fingerprint density at radius 2 is 0.989 bits per heavy atom. The number of aliphatic carboxylic acids is 1. The number of aliphatic hydroxyl groups is 11. The molecule has 0 aromatic rings. The molecule has 3 fully saturated rings. The van der Waals surface area contributed by atoms with Crippen LogP contribution in [-0.4, -0.2) is 215 Å². The van der Waals surface area contributed by atoms with Crippen LogP contribution in [0.1, 0.15) is 284 Å². The van der Waals surface area contributed by atoms with Gasteiger partial charge in [0.25, 0.3) is 5.79 Å². The number of carbonyl (C=O) groups excluding carboxylic acids is 2. The van der Waals surface area contributed by atoms with Crippen molar-refractivity contribution in [3.8, 4) is 0 Å². The first-order valence-electron chi connectivity index (χ1n) is 37.0. The van der Waals surface area contributed by atoms with Gasteiger partial charge in [0.05, 0.1) is 50.7 Å². The summed E-state index contributed by atoms with van der Waals surface area (Å²) in [7, 11) is 0. The summed E-state index contributed by atoms with van der Waals surface area (Å²) in [5.41, 5.74) is 0. The van der Waals surface area contributed by atoms with Crippen LogP contribution in [0, 0.1) is 0 Å². The molecule has 18 unspecified atom stereocenters. The van der Waals surface area contributed by atoms with Gasteiger partial charge in [0.2, 0.25) is 11.8 Å². The van der Waals surface area contributed by atoms with Crippen molar-refractivity contribution in [3.05, 3.63) is 12.2 Å². The summed E-state index contributed by atoms with van der Waals surface area (Å²) in [6, 6.07) is -2.53. The minimum absolute atomic E-state index is 0.223. The number of ether oxygens (including phenoxy) is 6. The lowest BCUT2D eigenvalue weighted by molar-refractivity contribution is -0.386. The molecule has 94 heavy (non-hydrogen) atoms. The second-order valence-electron chi connectivity index (χ2n) is 27.2. The Morgan fingerprint density at radius 1 is 0.543 bits per heavy atom. The van der Waals surface area contributed by atoms with E-state index < -0.39 is 148 Å². The second kappa shape index (κ2) is 51.6. The monoisotopic (exact) mass is 1350 g/mol. The standard InChI is InChI=1S/C71H132N2O21/c1-4-6-8-10-12-14-16-18-20-21-22-23-24-25-26-27-28-29-31-33-35-37-39-41-43-45-58(81)73-52(53(78)44-42-40-38-36-34-32-30-19-17-15-13-11-9-7-5-2)50-89-68-63(85)62(84)65(57(49-76)91-68)92-69-64(86)67(61(83)56(48-75)90-69)94-71(70(87)88)46-54(79)59(72-51(3)77)66(93-71)60(82)55(80)47-74/h25-26,52-57,59-69,74-76,78-80,82-86H,4-24,27-50H2,1-3H3,(H,72,77)(H,73,81)(H,87,88)/b26-25-. The Bertz CT molecular complexity index is 1940. The van der Waals surface area contributed by atoms with Gasteiger partial charge in [-0.1, -0.05) is 238 Å². The minimum atomic E-state index is -3.08. The predicted octanol–water partition coefficient (Wildman–Crippen LogP) is 7.85. The molecular weight excluding hydrogens is 1220 g/mol. The predicted molar refractivity (Wildman–Crippen MR) is 357 cm³/mol. The lowest BCUT2D eigenvalue weighted by Gasteiger charge is -2.50. The number of carbonyl (C=O) groups is 3. The summed E-state index contributed by atoms with van der Waals surface area (Å²) in [5, 5.41) is 136. The van der Waals surface area contributed by atoms with E-state index in [0.29, 0.717) is 19.3 Å². The Kier molecular flexibility index (Phi) is 47.0. The summed E-state index contributed by atoms with van der Waals surface area (Å²) in [6.07, 6.45) is 22.1. The Balaban J connectivity index is 1.54. The van der Waals surface area contributed by atoms with Gasteiger partial charge in [-0.2, -0.15) is 0 Å². The third-order valence-corrected chi connectivity index (χ3v) is 19.0. The second-order valence-corrected chi connectivity index (χ2v) is 27.2. The van der Waals surface area contributed by atoms with Crippen LogP contribution in [0.3, 0.4) is 0 Å². The largest absolute Gasteiger partial charge is 0.477 e. The van der Waals surface area contributed by atoms with Crippen LogP contribution in [-0.2, 0) is 42.8 Å². The number of hydrogen-bond donors (Lipinski definition) is 14. The molecular formula is C71H132N2O21. The fourth-order valence-corrected chi connectivity index (χ4v) is 13.1. The van der Waals surface area contributed by atoms with E-state index in [1.54, 1.807) is 0 Å². The normalized spacial score (nSPS) is 27.9. The van der Waals surface area contributed by atoms with Gasteiger partial charge in [-0.05, 0) is 38.5 Å². The molecule has 0 saturated carbocycles. The number of carboxylic acid groups (broad SMARTS) is 1. The number of amides is 2. The molecule has 0 aliphatic carbocycles. The van der Waals surface area contributed by atoms with E-state index in [1.807, 2.05) is 0 Å². The Morgan fingerprint density at radius 3 is 1.44 bits per heavy atom. The molecule has 0 bridgehead atoms. The Labute approximate surface area is 562 Å². The van der Waals surface area contributed by atoms with Crippen molar-refractivity contribution in [1.82, 2.24) is 10.6 Å². The van der Waals surface area contributed by atoms with Gasteiger partial charge >= 0.3 is 5.97 Å². The van der Waals surface area contributed by atoms with Crippen molar-refractivity contribution < 1.29 is 104 Å². The number of hydrogen-bond acceptors (Lipinski definition) is 20. The zero-order chi connectivity index (χ0) is 68.9. The molecule has 0 spiro atoms. The van der Waals surface area contributed by atoms with E-state index in [4.69, 9.17) is 28.4 Å². The van der Waals surface area contributed by atoms with Crippen LogP contribution in [0.2, 0.25) is 0 Å². The first-order valence-corrected chi connectivity index (χ1v) is 37.0. The molecule has 3 aliphatic heterocycles. The fraction of sp³-hybridized carbons (Fsp3) is 0.930. The molecule has 0 radical (unpaired) electrons. The van der Waals surface area contributed by atoms with Crippen LogP contribution >= 0.6 is 0 Å². The van der Waals surface area contributed by atoms with E-state index in [2.05, 4.69) is 36.6 Å². The summed E-state index contributed by atoms with van der Waals surface area (Å²) in [4.78, 5) is 38.6. The molecule has 3 rings (SSSR count).